The van der Waals surface area contributed by atoms with Gasteiger partial charge in [-0.15, -0.1) is 0 Å². The topological polar surface area (TPSA) is 63.4 Å². The number of halogens is 1. The molecule has 0 bridgehead atoms. The molecule has 1 atom stereocenters. The lowest BCUT2D eigenvalue weighted by Gasteiger charge is -2.32. The van der Waals surface area contributed by atoms with Crippen molar-refractivity contribution in [2.45, 2.75) is 31.3 Å². The molecular formula is C13H19BrN2O2S2. The number of aryl methyl sites for hydroxylation is 1. The van der Waals surface area contributed by atoms with Gasteiger partial charge in [-0.3, -0.25) is 0 Å². The molecule has 1 aliphatic rings. The zero-order chi connectivity index (χ0) is 14.9. The van der Waals surface area contributed by atoms with Crippen LogP contribution in [0.15, 0.2) is 21.5 Å². The Balaban J connectivity index is 2.51. The predicted molar refractivity (Wildman–Crippen MR) is 87.4 cm³/mol. The van der Waals surface area contributed by atoms with E-state index in [2.05, 4.69) is 15.9 Å². The van der Waals surface area contributed by atoms with E-state index in [0.29, 0.717) is 22.5 Å². The molecule has 0 spiro atoms. The second-order valence-electron chi connectivity index (χ2n) is 4.97. The van der Waals surface area contributed by atoms with E-state index < -0.39 is 10.0 Å². The van der Waals surface area contributed by atoms with E-state index in [9.17, 15) is 8.42 Å². The highest BCUT2D eigenvalue weighted by atomic mass is 79.9. The molecule has 0 amide bonds. The first-order chi connectivity index (χ1) is 9.37. The summed E-state index contributed by atoms with van der Waals surface area (Å²) in [7, 11) is -3.48. The van der Waals surface area contributed by atoms with Crippen molar-refractivity contribution in [3.63, 3.8) is 0 Å². The van der Waals surface area contributed by atoms with Gasteiger partial charge in [0.25, 0.3) is 0 Å². The summed E-state index contributed by atoms with van der Waals surface area (Å²) in [5, 5.41) is 0. The molecule has 1 aliphatic heterocycles. The Bertz CT molecular complexity index is 605. The molecule has 1 fully saturated rings. The fourth-order valence-corrected chi connectivity index (χ4v) is 6.20. The van der Waals surface area contributed by atoms with E-state index in [1.807, 2.05) is 19.9 Å². The zero-order valence-electron chi connectivity index (χ0n) is 11.6. The fourth-order valence-electron chi connectivity index (χ4n) is 2.31. The Labute approximate surface area is 133 Å². The van der Waals surface area contributed by atoms with Gasteiger partial charge in [-0.25, -0.2) is 8.42 Å². The maximum atomic E-state index is 12.9. The quantitative estimate of drug-likeness (QED) is 0.876. The Hall–Kier alpha value is -0.0800. The van der Waals surface area contributed by atoms with Crippen LogP contribution in [-0.2, 0) is 16.6 Å². The Morgan fingerprint density at radius 2 is 2.20 bits per heavy atom. The van der Waals surface area contributed by atoms with Gasteiger partial charge in [-0.1, -0.05) is 6.07 Å². The van der Waals surface area contributed by atoms with Crippen LogP contribution in [0.4, 0.5) is 0 Å². The lowest BCUT2D eigenvalue weighted by atomic mass is 10.1. The highest BCUT2D eigenvalue weighted by Crippen LogP contribution is 2.32. The number of rotatable bonds is 3. The summed E-state index contributed by atoms with van der Waals surface area (Å²) in [4.78, 5) is 0.330. The van der Waals surface area contributed by atoms with E-state index in [-0.39, 0.29) is 6.04 Å². The number of sulfonamides is 1. The summed E-state index contributed by atoms with van der Waals surface area (Å²) in [5.74, 6) is 1.68. The van der Waals surface area contributed by atoms with Crippen molar-refractivity contribution >= 4 is 37.7 Å². The van der Waals surface area contributed by atoms with E-state index >= 15 is 0 Å². The van der Waals surface area contributed by atoms with Crippen LogP contribution in [0.5, 0.6) is 0 Å². The molecule has 1 saturated heterocycles. The Morgan fingerprint density at radius 1 is 1.50 bits per heavy atom. The summed E-state index contributed by atoms with van der Waals surface area (Å²) in [5.41, 5.74) is 7.39. The monoisotopic (exact) mass is 378 g/mol. The fraction of sp³-hybridized carbons (Fsp3) is 0.538. The number of hydrogen-bond donors (Lipinski definition) is 1. The van der Waals surface area contributed by atoms with Crippen LogP contribution in [0.25, 0.3) is 0 Å². The SMILES string of the molecule is Cc1cc(CN)cc(S(=O)(=O)N2CCSCC2C)c1Br. The van der Waals surface area contributed by atoms with Crippen LogP contribution in [0, 0.1) is 6.92 Å². The highest BCUT2D eigenvalue weighted by molar-refractivity contribution is 9.10. The van der Waals surface area contributed by atoms with Gasteiger partial charge in [0.2, 0.25) is 10.0 Å². The third kappa shape index (κ3) is 3.06. The van der Waals surface area contributed by atoms with Crippen molar-refractivity contribution in [3.05, 3.63) is 27.7 Å². The largest absolute Gasteiger partial charge is 0.326 e. The normalized spacial score (nSPS) is 21.1. The maximum Gasteiger partial charge on any atom is 0.244 e. The van der Waals surface area contributed by atoms with Gasteiger partial charge in [0, 0.05) is 35.1 Å². The lowest BCUT2D eigenvalue weighted by molar-refractivity contribution is 0.367. The van der Waals surface area contributed by atoms with Gasteiger partial charge in [0.05, 0.1) is 4.90 Å². The smallest absolute Gasteiger partial charge is 0.244 e. The van der Waals surface area contributed by atoms with Crippen LogP contribution in [-0.4, -0.2) is 36.8 Å². The Morgan fingerprint density at radius 3 is 2.80 bits per heavy atom. The molecule has 2 rings (SSSR count). The minimum atomic E-state index is -3.48. The number of benzene rings is 1. The van der Waals surface area contributed by atoms with Crippen LogP contribution < -0.4 is 5.73 Å². The highest BCUT2D eigenvalue weighted by Gasteiger charge is 2.33. The van der Waals surface area contributed by atoms with Crippen molar-refractivity contribution in [2.24, 2.45) is 5.73 Å². The summed E-state index contributed by atoms with van der Waals surface area (Å²) in [6, 6.07) is 3.62. The van der Waals surface area contributed by atoms with Gasteiger partial charge in [0.15, 0.2) is 0 Å². The zero-order valence-corrected chi connectivity index (χ0v) is 14.8. The summed E-state index contributed by atoms with van der Waals surface area (Å²) < 4.78 is 28.0. The Kier molecular flexibility index (Phi) is 5.18. The molecule has 112 valence electrons. The summed E-state index contributed by atoms with van der Waals surface area (Å²) in [6.45, 7) is 4.74. The second-order valence-corrected chi connectivity index (χ2v) is 8.77. The van der Waals surface area contributed by atoms with Crippen molar-refractivity contribution in [3.8, 4) is 0 Å². The van der Waals surface area contributed by atoms with Crippen LogP contribution in [0.2, 0.25) is 0 Å². The molecule has 1 aromatic carbocycles. The molecule has 0 radical (unpaired) electrons. The molecule has 20 heavy (non-hydrogen) atoms. The minimum Gasteiger partial charge on any atom is -0.326 e. The first-order valence-electron chi connectivity index (χ1n) is 6.46. The molecule has 1 aromatic rings. The third-order valence-electron chi connectivity index (χ3n) is 3.41. The van der Waals surface area contributed by atoms with E-state index in [4.69, 9.17) is 5.73 Å². The molecule has 7 heteroatoms. The van der Waals surface area contributed by atoms with Gasteiger partial charge < -0.3 is 5.73 Å². The first kappa shape index (κ1) is 16.3. The van der Waals surface area contributed by atoms with Crippen molar-refractivity contribution < 1.29 is 8.42 Å². The number of nitrogens with zero attached hydrogens (tertiary/aromatic N) is 1. The first-order valence-corrected chi connectivity index (χ1v) is 9.85. The van der Waals surface area contributed by atoms with Gasteiger partial charge in [-0.2, -0.15) is 16.1 Å². The summed E-state index contributed by atoms with van der Waals surface area (Å²) in [6.07, 6.45) is 0. The van der Waals surface area contributed by atoms with E-state index in [0.717, 1.165) is 22.6 Å². The molecule has 0 saturated carbocycles. The number of hydrogen-bond acceptors (Lipinski definition) is 4. The van der Waals surface area contributed by atoms with Gasteiger partial charge >= 0.3 is 0 Å². The van der Waals surface area contributed by atoms with Crippen LogP contribution in [0.3, 0.4) is 0 Å². The molecular weight excluding hydrogens is 360 g/mol. The minimum absolute atomic E-state index is 0.0208. The predicted octanol–water partition coefficient (Wildman–Crippen LogP) is 2.34. The molecule has 1 unspecified atom stereocenters. The van der Waals surface area contributed by atoms with Crippen LogP contribution in [0.1, 0.15) is 18.1 Å². The van der Waals surface area contributed by atoms with Crippen LogP contribution >= 0.6 is 27.7 Å². The van der Waals surface area contributed by atoms with E-state index in [1.165, 1.54) is 0 Å². The van der Waals surface area contributed by atoms with Crippen molar-refractivity contribution in [1.29, 1.82) is 0 Å². The number of thioether (sulfide) groups is 1. The number of nitrogens with two attached hydrogens (primary N) is 1. The molecule has 0 aliphatic carbocycles. The maximum absolute atomic E-state index is 12.9. The molecule has 2 N–H and O–H groups in total. The summed E-state index contributed by atoms with van der Waals surface area (Å²) >= 11 is 5.21. The second kappa shape index (κ2) is 6.36. The lowest BCUT2D eigenvalue weighted by Crippen LogP contribution is -2.44. The van der Waals surface area contributed by atoms with Crippen molar-refractivity contribution in [2.75, 3.05) is 18.1 Å². The van der Waals surface area contributed by atoms with E-state index in [1.54, 1.807) is 22.1 Å². The van der Waals surface area contributed by atoms with Gasteiger partial charge in [0.1, 0.15) is 0 Å². The van der Waals surface area contributed by atoms with Gasteiger partial charge in [-0.05, 0) is 47.0 Å². The average molecular weight is 379 g/mol. The van der Waals surface area contributed by atoms with Crippen molar-refractivity contribution in [1.82, 2.24) is 4.31 Å². The molecule has 1 heterocycles. The third-order valence-corrected chi connectivity index (χ3v) is 7.95. The average Bonchev–Trinajstić information content (AvgIpc) is 2.41. The standard InChI is InChI=1S/C13H19BrN2O2S2/c1-9-5-11(7-15)6-12(13(9)14)20(17,18)16-3-4-19-8-10(16)2/h5-6,10H,3-4,7-8,15H2,1-2H3. The molecule has 0 aromatic heterocycles. The molecule has 4 nitrogen and oxygen atoms in total.